The van der Waals surface area contributed by atoms with Crippen LogP contribution < -0.4 is 10.6 Å². The zero-order valence-corrected chi connectivity index (χ0v) is 17.2. The molecule has 2 aromatic rings. The molecule has 0 aliphatic heterocycles. The van der Waals surface area contributed by atoms with Crippen LogP contribution in [0.1, 0.15) is 30.0 Å². The summed E-state index contributed by atoms with van der Waals surface area (Å²) < 4.78 is 13.0. The highest BCUT2D eigenvalue weighted by Crippen LogP contribution is 2.36. The van der Waals surface area contributed by atoms with Gasteiger partial charge in [-0.2, -0.15) is 0 Å². The summed E-state index contributed by atoms with van der Waals surface area (Å²) >= 11 is 0. The molecule has 0 aromatic heterocycles. The smallest absolute Gasteiger partial charge is 0.191 e. The zero-order chi connectivity index (χ0) is 17.7. The van der Waals surface area contributed by atoms with Gasteiger partial charge in [0.25, 0.3) is 0 Å². The molecule has 0 bridgehead atoms. The summed E-state index contributed by atoms with van der Waals surface area (Å²) in [5.41, 5.74) is 2.27. The summed E-state index contributed by atoms with van der Waals surface area (Å²) in [6.07, 6.45) is 1.59. The van der Waals surface area contributed by atoms with Crippen molar-refractivity contribution in [1.82, 2.24) is 10.6 Å². The maximum Gasteiger partial charge on any atom is 0.191 e. The van der Waals surface area contributed by atoms with Gasteiger partial charge < -0.3 is 15.7 Å². The molecule has 0 saturated carbocycles. The van der Waals surface area contributed by atoms with Crippen molar-refractivity contribution in [1.29, 1.82) is 0 Å². The van der Waals surface area contributed by atoms with Gasteiger partial charge in [0.15, 0.2) is 5.96 Å². The van der Waals surface area contributed by atoms with Crippen LogP contribution >= 0.6 is 24.0 Å². The van der Waals surface area contributed by atoms with E-state index in [1.165, 1.54) is 17.7 Å². The van der Waals surface area contributed by atoms with Crippen molar-refractivity contribution in [3.63, 3.8) is 0 Å². The van der Waals surface area contributed by atoms with Gasteiger partial charge in [-0.25, -0.2) is 9.38 Å². The van der Waals surface area contributed by atoms with Gasteiger partial charge in [0, 0.05) is 6.54 Å². The number of aliphatic hydroxyl groups is 1. The van der Waals surface area contributed by atoms with Crippen LogP contribution in [0.4, 0.5) is 4.39 Å². The molecule has 1 atom stereocenters. The fourth-order valence-corrected chi connectivity index (χ4v) is 3.18. The molecular formula is C20H25FIN3O. The van der Waals surface area contributed by atoms with Gasteiger partial charge in [-0.05, 0) is 48.6 Å². The maximum atomic E-state index is 13.0. The topological polar surface area (TPSA) is 56.7 Å². The van der Waals surface area contributed by atoms with Gasteiger partial charge >= 0.3 is 0 Å². The molecule has 140 valence electrons. The van der Waals surface area contributed by atoms with E-state index in [0.29, 0.717) is 25.5 Å². The van der Waals surface area contributed by atoms with Gasteiger partial charge in [0.2, 0.25) is 0 Å². The first-order chi connectivity index (χ1) is 12.1. The second-order valence-electron chi connectivity index (χ2n) is 6.36. The quantitative estimate of drug-likeness (QED) is 0.358. The Morgan fingerprint density at radius 3 is 2.62 bits per heavy atom. The number of halogens is 2. The largest absolute Gasteiger partial charge is 0.383 e. The van der Waals surface area contributed by atoms with Crippen molar-refractivity contribution in [3.8, 4) is 0 Å². The first-order valence-corrected chi connectivity index (χ1v) is 8.68. The van der Waals surface area contributed by atoms with Crippen molar-refractivity contribution < 1.29 is 9.50 Å². The summed E-state index contributed by atoms with van der Waals surface area (Å²) in [6, 6.07) is 14.3. The number of guanidine groups is 1. The molecule has 1 aliphatic carbocycles. The molecule has 26 heavy (non-hydrogen) atoms. The van der Waals surface area contributed by atoms with Crippen LogP contribution in [0.25, 0.3) is 0 Å². The standard InChI is InChI=1S/C20H24FN3O.HI/c1-2-22-19(23-13-15-7-9-17(21)10-8-15)24-14-20(25)12-11-16-5-3-4-6-18(16)20;/h3-10,25H,2,11-14H2,1H3,(H2,22,23,24);1H. The van der Waals surface area contributed by atoms with Crippen molar-refractivity contribution in [2.45, 2.75) is 31.9 Å². The number of benzene rings is 2. The van der Waals surface area contributed by atoms with E-state index >= 15 is 0 Å². The third-order valence-corrected chi connectivity index (χ3v) is 4.55. The summed E-state index contributed by atoms with van der Waals surface area (Å²) in [5, 5.41) is 17.4. The Labute approximate surface area is 171 Å². The van der Waals surface area contributed by atoms with Gasteiger partial charge in [-0.3, -0.25) is 0 Å². The highest BCUT2D eigenvalue weighted by Gasteiger charge is 2.36. The van der Waals surface area contributed by atoms with E-state index in [2.05, 4.69) is 21.7 Å². The predicted octanol–water partition coefficient (Wildman–Crippen LogP) is 3.33. The van der Waals surface area contributed by atoms with Crippen molar-refractivity contribution in [2.75, 3.05) is 13.1 Å². The van der Waals surface area contributed by atoms with E-state index in [1.807, 2.05) is 25.1 Å². The van der Waals surface area contributed by atoms with E-state index in [9.17, 15) is 9.50 Å². The monoisotopic (exact) mass is 469 g/mol. The lowest BCUT2D eigenvalue weighted by Gasteiger charge is -2.25. The molecule has 6 heteroatoms. The second-order valence-corrected chi connectivity index (χ2v) is 6.36. The molecule has 3 N–H and O–H groups in total. The molecule has 0 fully saturated rings. The number of aryl methyl sites for hydroxylation is 1. The first-order valence-electron chi connectivity index (χ1n) is 8.68. The molecular weight excluding hydrogens is 444 g/mol. The van der Waals surface area contributed by atoms with Crippen LogP contribution in [0.5, 0.6) is 0 Å². The van der Waals surface area contributed by atoms with E-state index in [1.54, 1.807) is 12.1 Å². The lowest BCUT2D eigenvalue weighted by molar-refractivity contribution is 0.0432. The van der Waals surface area contributed by atoms with Crippen LogP contribution in [-0.2, 0) is 18.6 Å². The summed E-state index contributed by atoms with van der Waals surface area (Å²) in [5.74, 6) is 0.393. The fourth-order valence-electron chi connectivity index (χ4n) is 3.18. The summed E-state index contributed by atoms with van der Waals surface area (Å²) in [6.45, 7) is 3.57. The van der Waals surface area contributed by atoms with Crippen molar-refractivity contribution >= 4 is 29.9 Å². The van der Waals surface area contributed by atoms with E-state index in [-0.39, 0.29) is 29.8 Å². The lowest BCUT2D eigenvalue weighted by Crippen LogP contribution is -2.45. The Hall–Kier alpha value is -1.67. The molecule has 1 aliphatic rings. The van der Waals surface area contributed by atoms with Gasteiger partial charge in [-0.15, -0.1) is 24.0 Å². The average Bonchev–Trinajstić information content (AvgIpc) is 2.97. The van der Waals surface area contributed by atoms with E-state index in [0.717, 1.165) is 24.1 Å². The molecule has 0 heterocycles. The molecule has 0 saturated heterocycles. The molecule has 3 rings (SSSR count). The van der Waals surface area contributed by atoms with Crippen LogP contribution in [0, 0.1) is 5.82 Å². The number of fused-ring (bicyclic) bond motifs is 1. The third-order valence-electron chi connectivity index (χ3n) is 4.55. The minimum atomic E-state index is -0.872. The van der Waals surface area contributed by atoms with E-state index < -0.39 is 5.60 Å². The van der Waals surface area contributed by atoms with Crippen LogP contribution in [0.3, 0.4) is 0 Å². The van der Waals surface area contributed by atoms with Gasteiger partial charge in [-0.1, -0.05) is 36.4 Å². The molecule has 2 aromatic carbocycles. The summed E-state index contributed by atoms with van der Waals surface area (Å²) in [7, 11) is 0. The Bertz CT molecular complexity index is 751. The number of rotatable bonds is 5. The Balaban J connectivity index is 0.00000243. The fraction of sp³-hybridized carbons (Fsp3) is 0.350. The Kier molecular flexibility index (Phi) is 7.40. The molecule has 1 unspecified atom stereocenters. The summed E-state index contributed by atoms with van der Waals surface area (Å²) in [4.78, 5) is 4.52. The van der Waals surface area contributed by atoms with Gasteiger partial charge in [0.05, 0.1) is 13.1 Å². The minimum Gasteiger partial charge on any atom is -0.383 e. The van der Waals surface area contributed by atoms with Gasteiger partial charge in [0.1, 0.15) is 11.4 Å². The number of nitrogens with zero attached hydrogens (tertiary/aromatic N) is 1. The lowest BCUT2D eigenvalue weighted by atomic mass is 9.96. The number of hydrogen-bond acceptors (Lipinski definition) is 2. The number of aliphatic imine (C=N–C) groups is 1. The number of hydrogen-bond donors (Lipinski definition) is 3. The minimum absolute atomic E-state index is 0. The Morgan fingerprint density at radius 2 is 1.88 bits per heavy atom. The first kappa shape index (κ1) is 20.6. The molecule has 0 radical (unpaired) electrons. The average molecular weight is 469 g/mol. The third kappa shape index (κ3) is 4.94. The van der Waals surface area contributed by atoms with Crippen molar-refractivity contribution in [3.05, 3.63) is 71.0 Å². The molecule has 0 spiro atoms. The molecule has 4 nitrogen and oxygen atoms in total. The SMILES string of the molecule is CCNC(=NCc1ccc(F)cc1)NCC1(O)CCc2ccccc21.I. The molecule has 0 amide bonds. The highest BCUT2D eigenvalue weighted by atomic mass is 127. The van der Waals surface area contributed by atoms with E-state index in [4.69, 9.17) is 0 Å². The Morgan fingerprint density at radius 1 is 1.15 bits per heavy atom. The second kappa shape index (κ2) is 9.32. The zero-order valence-electron chi connectivity index (χ0n) is 14.8. The van der Waals surface area contributed by atoms with Crippen molar-refractivity contribution in [2.24, 2.45) is 4.99 Å². The number of nitrogens with one attached hydrogen (secondary N) is 2. The van der Waals surface area contributed by atoms with Crippen LogP contribution in [0.2, 0.25) is 0 Å². The predicted molar refractivity (Wildman–Crippen MR) is 113 cm³/mol. The van der Waals surface area contributed by atoms with Crippen LogP contribution in [0.15, 0.2) is 53.5 Å². The normalized spacial score (nSPS) is 18.8. The van der Waals surface area contributed by atoms with Crippen LogP contribution in [-0.4, -0.2) is 24.2 Å². The maximum absolute atomic E-state index is 13.0. The highest BCUT2D eigenvalue weighted by molar-refractivity contribution is 14.0.